The van der Waals surface area contributed by atoms with Crippen molar-refractivity contribution in [2.24, 2.45) is 0 Å². The Morgan fingerprint density at radius 2 is 1.62 bits per heavy atom. The van der Waals surface area contributed by atoms with Gasteiger partial charge in [0.05, 0.1) is 11.9 Å². The number of benzene rings is 3. The molecule has 4 rings (SSSR count). The number of carbonyl (C=O) groups is 1. The van der Waals surface area contributed by atoms with Crippen molar-refractivity contribution in [3.63, 3.8) is 0 Å². The van der Waals surface area contributed by atoms with E-state index in [0.717, 1.165) is 35.2 Å². The lowest BCUT2D eigenvalue weighted by atomic mass is 10.1. The van der Waals surface area contributed by atoms with Crippen molar-refractivity contribution in [2.45, 2.75) is 19.9 Å². The minimum Gasteiger partial charge on any atom is -0.481 e. The molecule has 1 aromatic heterocycles. The van der Waals surface area contributed by atoms with Crippen LogP contribution in [-0.4, -0.2) is 22.2 Å². The molecule has 0 amide bonds. The first-order valence-corrected chi connectivity index (χ1v) is 9.86. The van der Waals surface area contributed by atoms with Crippen LogP contribution in [0.25, 0.3) is 16.6 Å². The largest absolute Gasteiger partial charge is 0.481 e. The summed E-state index contributed by atoms with van der Waals surface area (Å²) in [5.41, 5.74) is 5.33. The van der Waals surface area contributed by atoms with Crippen molar-refractivity contribution in [3.8, 4) is 5.69 Å². The first-order chi connectivity index (χ1) is 14.2. The Labute approximate surface area is 170 Å². The van der Waals surface area contributed by atoms with Gasteiger partial charge in [-0.05, 0) is 48.4 Å². The van der Waals surface area contributed by atoms with Gasteiger partial charge in [-0.15, -0.1) is 0 Å². The molecular formula is C25H24N2O2. The fourth-order valence-corrected chi connectivity index (χ4v) is 3.78. The average Bonchev–Trinajstić information content (AvgIpc) is 3.11. The van der Waals surface area contributed by atoms with Crippen LogP contribution in [0.2, 0.25) is 0 Å². The number of rotatable bonds is 7. The van der Waals surface area contributed by atoms with Crippen molar-refractivity contribution >= 4 is 22.6 Å². The van der Waals surface area contributed by atoms with Crippen molar-refractivity contribution in [3.05, 3.63) is 96.2 Å². The maximum atomic E-state index is 11.2. The molecule has 4 heteroatoms. The Bertz CT molecular complexity index is 1110. The lowest BCUT2D eigenvalue weighted by Gasteiger charge is -2.23. The molecule has 0 aliphatic heterocycles. The first-order valence-electron chi connectivity index (χ1n) is 9.86. The van der Waals surface area contributed by atoms with E-state index in [2.05, 4.69) is 64.9 Å². The van der Waals surface area contributed by atoms with Gasteiger partial charge in [0.2, 0.25) is 0 Å². The summed E-state index contributed by atoms with van der Waals surface area (Å²) in [7, 11) is 0. The molecular weight excluding hydrogens is 360 g/mol. The second kappa shape index (κ2) is 8.23. The van der Waals surface area contributed by atoms with E-state index in [4.69, 9.17) is 0 Å². The molecule has 4 aromatic rings. The summed E-state index contributed by atoms with van der Waals surface area (Å²) in [4.78, 5) is 13.6. The van der Waals surface area contributed by atoms with Crippen molar-refractivity contribution in [1.82, 2.24) is 4.57 Å². The Morgan fingerprint density at radius 1 is 0.931 bits per heavy atom. The number of fused-ring (bicyclic) bond motifs is 1. The number of aliphatic carboxylic acids is 1. The predicted molar refractivity (Wildman–Crippen MR) is 118 cm³/mol. The monoisotopic (exact) mass is 384 g/mol. The second-order valence-corrected chi connectivity index (χ2v) is 7.13. The smallest absolute Gasteiger partial charge is 0.307 e. The number of anilines is 1. The minimum atomic E-state index is -0.817. The third-order valence-electron chi connectivity index (χ3n) is 5.23. The van der Waals surface area contributed by atoms with Gasteiger partial charge < -0.3 is 14.6 Å². The van der Waals surface area contributed by atoms with E-state index >= 15 is 0 Å². The molecule has 0 radical (unpaired) electrons. The normalized spacial score (nSPS) is 10.9. The molecule has 0 spiro atoms. The first kappa shape index (κ1) is 18.8. The number of hydrogen-bond acceptors (Lipinski definition) is 2. The lowest BCUT2D eigenvalue weighted by molar-refractivity contribution is -0.136. The Kier molecular flexibility index (Phi) is 5.34. The highest BCUT2D eigenvalue weighted by atomic mass is 16.4. The van der Waals surface area contributed by atoms with Crippen LogP contribution in [0.5, 0.6) is 0 Å². The minimum absolute atomic E-state index is 0.0201. The molecule has 4 nitrogen and oxygen atoms in total. The second-order valence-electron chi connectivity index (χ2n) is 7.13. The zero-order valence-electron chi connectivity index (χ0n) is 16.5. The fraction of sp³-hybridized carbons (Fsp3) is 0.160. The van der Waals surface area contributed by atoms with Gasteiger partial charge in [0.15, 0.2) is 0 Å². The van der Waals surface area contributed by atoms with Crippen LogP contribution in [0.3, 0.4) is 0 Å². The summed E-state index contributed by atoms with van der Waals surface area (Å²) in [5, 5.41) is 10.2. The van der Waals surface area contributed by atoms with E-state index in [0.29, 0.717) is 0 Å². The molecule has 0 atom stereocenters. The Balaban J connectivity index is 1.65. The van der Waals surface area contributed by atoms with Gasteiger partial charge >= 0.3 is 5.97 Å². The quantitative estimate of drug-likeness (QED) is 0.471. The van der Waals surface area contributed by atoms with E-state index in [9.17, 15) is 9.90 Å². The van der Waals surface area contributed by atoms with Gasteiger partial charge in [-0.2, -0.15) is 0 Å². The van der Waals surface area contributed by atoms with E-state index < -0.39 is 5.97 Å². The molecule has 146 valence electrons. The number of hydrogen-bond donors (Lipinski definition) is 1. The average molecular weight is 384 g/mol. The van der Waals surface area contributed by atoms with Crippen LogP contribution in [0, 0.1) is 0 Å². The zero-order valence-corrected chi connectivity index (χ0v) is 16.5. The van der Waals surface area contributed by atoms with E-state index in [1.165, 1.54) is 11.3 Å². The SMILES string of the molecule is CCN(Cc1ccccc1)c1ccc(-n2cc(CC(=O)O)c3ccccc32)cc1. The highest BCUT2D eigenvalue weighted by molar-refractivity contribution is 5.88. The van der Waals surface area contributed by atoms with Gasteiger partial charge in [-0.3, -0.25) is 4.79 Å². The number of nitrogens with zero attached hydrogens (tertiary/aromatic N) is 2. The number of aromatic nitrogens is 1. The Hall–Kier alpha value is -3.53. The fourth-order valence-electron chi connectivity index (χ4n) is 3.78. The maximum absolute atomic E-state index is 11.2. The predicted octanol–water partition coefficient (Wildman–Crippen LogP) is 5.28. The molecule has 29 heavy (non-hydrogen) atoms. The topological polar surface area (TPSA) is 45.5 Å². The number of carboxylic acids is 1. The maximum Gasteiger partial charge on any atom is 0.307 e. The van der Waals surface area contributed by atoms with E-state index in [1.54, 1.807) is 0 Å². The molecule has 0 aliphatic rings. The highest BCUT2D eigenvalue weighted by Crippen LogP contribution is 2.27. The molecule has 0 fully saturated rings. The van der Waals surface area contributed by atoms with Gasteiger partial charge in [0.25, 0.3) is 0 Å². The molecule has 0 saturated carbocycles. The van der Waals surface area contributed by atoms with Gasteiger partial charge in [0.1, 0.15) is 0 Å². The summed E-state index contributed by atoms with van der Waals surface area (Å²) in [5.74, 6) is -0.817. The molecule has 1 N–H and O–H groups in total. The van der Waals surface area contributed by atoms with E-state index in [-0.39, 0.29) is 6.42 Å². The van der Waals surface area contributed by atoms with Crippen molar-refractivity contribution < 1.29 is 9.90 Å². The zero-order chi connectivity index (χ0) is 20.2. The molecule has 1 heterocycles. The molecule has 0 aliphatic carbocycles. The van der Waals surface area contributed by atoms with Crippen molar-refractivity contribution in [1.29, 1.82) is 0 Å². The van der Waals surface area contributed by atoms with Crippen molar-refractivity contribution in [2.75, 3.05) is 11.4 Å². The standard InChI is InChI=1S/C25H24N2O2/c1-2-26(17-19-8-4-3-5-9-19)21-12-14-22(15-13-21)27-18-20(16-25(28)29)23-10-6-7-11-24(23)27/h3-15,18H,2,16-17H2,1H3,(H,28,29). The molecule has 3 aromatic carbocycles. The highest BCUT2D eigenvalue weighted by Gasteiger charge is 2.12. The van der Waals surface area contributed by atoms with Crippen LogP contribution in [-0.2, 0) is 17.8 Å². The number of carboxylic acid groups (broad SMARTS) is 1. The molecule has 0 saturated heterocycles. The summed E-state index contributed by atoms with van der Waals surface area (Å²) in [6, 6.07) is 26.9. The third kappa shape index (κ3) is 4.02. The molecule has 0 unspecified atom stereocenters. The molecule has 0 bridgehead atoms. The van der Waals surface area contributed by atoms with Crippen LogP contribution in [0.1, 0.15) is 18.1 Å². The van der Waals surface area contributed by atoms with Crippen LogP contribution >= 0.6 is 0 Å². The summed E-state index contributed by atoms with van der Waals surface area (Å²) in [6.07, 6.45) is 1.96. The number of para-hydroxylation sites is 1. The van der Waals surface area contributed by atoms with E-state index in [1.807, 2.05) is 36.5 Å². The third-order valence-corrected chi connectivity index (χ3v) is 5.23. The van der Waals surface area contributed by atoms with Crippen LogP contribution in [0.4, 0.5) is 5.69 Å². The summed E-state index contributed by atoms with van der Waals surface area (Å²) < 4.78 is 2.07. The van der Waals surface area contributed by atoms with Crippen LogP contribution in [0.15, 0.2) is 85.1 Å². The van der Waals surface area contributed by atoms with Crippen LogP contribution < -0.4 is 4.90 Å². The Morgan fingerprint density at radius 3 is 2.31 bits per heavy atom. The summed E-state index contributed by atoms with van der Waals surface area (Å²) >= 11 is 0. The van der Waals surface area contributed by atoms with Gasteiger partial charge in [-0.1, -0.05) is 48.5 Å². The van der Waals surface area contributed by atoms with Gasteiger partial charge in [0, 0.05) is 36.0 Å². The summed E-state index contributed by atoms with van der Waals surface area (Å²) in [6.45, 7) is 3.95. The lowest BCUT2D eigenvalue weighted by Crippen LogP contribution is -2.21. The van der Waals surface area contributed by atoms with Gasteiger partial charge in [-0.25, -0.2) is 0 Å².